The Kier molecular flexibility index (Phi) is 9.52. The Morgan fingerprint density at radius 3 is 2.67 bits per heavy atom. The lowest BCUT2D eigenvalue weighted by Crippen LogP contribution is -2.37. The van der Waals surface area contributed by atoms with Crippen molar-refractivity contribution in [2.45, 2.75) is 26.5 Å². The van der Waals surface area contributed by atoms with Gasteiger partial charge in [-0.25, -0.2) is 0 Å². The number of halogens is 2. The number of aliphatic imine (C=N–C) groups is 1. The Balaban J connectivity index is 2.52. The van der Waals surface area contributed by atoms with Gasteiger partial charge in [0.25, 0.3) is 0 Å². The molecule has 0 spiro atoms. The molecule has 1 aromatic carbocycles. The summed E-state index contributed by atoms with van der Waals surface area (Å²) in [7, 11) is 3.07. The third-order valence-electron chi connectivity index (χ3n) is 3.09. The first-order valence-electron chi connectivity index (χ1n) is 7.74. The molecular formula is C16H25F2N3O3. The van der Waals surface area contributed by atoms with Gasteiger partial charge in [0.05, 0.1) is 7.11 Å². The van der Waals surface area contributed by atoms with Gasteiger partial charge in [0.1, 0.15) is 0 Å². The predicted molar refractivity (Wildman–Crippen MR) is 88.9 cm³/mol. The number of alkyl halides is 2. The molecule has 0 fully saturated rings. The largest absolute Gasteiger partial charge is 0.493 e. The maximum absolute atomic E-state index is 12.4. The molecule has 1 aromatic rings. The van der Waals surface area contributed by atoms with Gasteiger partial charge in [-0.1, -0.05) is 6.07 Å². The summed E-state index contributed by atoms with van der Waals surface area (Å²) < 4.78 is 39.6. The molecule has 8 heteroatoms. The molecule has 0 saturated carbocycles. The fourth-order valence-electron chi connectivity index (χ4n) is 1.95. The molecule has 0 amide bonds. The van der Waals surface area contributed by atoms with Crippen molar-refractivity contribution in [2.24, 2.45) is 4.99 Å². The van der Waals surface area contributed by atoms with Crippen LogP contribution in [-0.2, 0) is 11.3 Å². The third-order valence-corrected chi connectivity index (χ3v) is 3.09. The van der Waals surface area contributed by atoms with Gasteiger partial charge in [0, 0.05) is 33.4 Å². The van der Waals surface area contributed by atoms with Crippen LogP contribution < -0.4 is 20.1 Å². The molecule has 0 aliphatic carbocycles. The number of rotatable bonds is 10. The van der Waals surface area contributed by atoms with Crippen LogP contribution in [0.3, 0.4) is 0 Å². The molecule has 0 aromatic heterocycles. The predicted octanol–water partition coefficient (Wildman–Crippen LogP) is 2.39. The van der Waals surface area contributed by atoms with Gasteiger partial charge in [0.2, 0.25) is 0 Å². The smallest absolute Gasteiger partial charge is 0.387 e. The van der Waals surface area contributed by atoms with Crippen LogP contribution in [0.15, 0.2) is 23.2 Å². The van der Waals surface area contributed by atoms with Gasteiger partial charge in [0.15, 0.2) is 17.5 Å². The Morgan fingerprint density at radius 1 is 1.25 bits per heavy atom. The molecular weight excluding hydrogens is 320 g/mol. The van der Waals surface area contributed by atoms with Crippen molar-refractivity contribution in [2.75, 3.05) is 33.9 Å². The lowest BCUT2D eigenvalue weighted by Gasteiger charge is -2.14. The standard InChI is InChI=1S/C16H25F2N3O3/c1-4-23-9-5-8-20-16(19-2)21-11-12-6-7-13(22-3)14(10-12)24-15(17)18/h6-7,10,15H,4-5,8-9,11H2,1-3H3,(H2,19,20,21). The second-order valence-electron chi connectivity index (χ2n) is 4.77. The lowest BCUT2D eigenvalue weighted by molar-refractivity contribution is -0.0512. The highest BCUT2D eigenvalue weighted by Crippen LogP contribution is 2.29. The van der Waals surface area contributed by atoms with Crippen LogP contribution in [0, 0.1) is 0 Å². The minimum Gasteiger partial charge on any atom is -0.493 e. The number of hydrogen-bond acceptors (Lipinski definition) is 4. The SMILES string of the molecule is CCOCCCNC(=NC)NCc1ccc(OC)c(OC(F)F)c1. The topological polar surface area (TPSA) is 64.1 Å². The second kappa shape index (κ2) is 11.4. The zero-order valence-electron chi connectivity index (χ0n) is 14.3. The van der Waals surface area contributed by atoms with E-state index in [1.165, 1.54) is 13.2 Å². The fraction of sp³-hybridized carbons (Fsp3) is 0.562. The number of guanidine groups is 1. The summed E-state index contributed by atoms with van der Waals surface area (Å²) in [6.07, 6.45) is 0.865. The highest BCUT2D eigenvalue weighted by molar-refractivity contribution is 5.79. The van der Waals surface area contributed by atoms with Crippen LogP contribution in [0.1, 0.15) is 18.9 Å². The molecule has 2 N–H and O–H groups in total. The molecule has 1 rings (SSSR count). The normalized spacial score (nSPS) is 11.5. The zero-order chi connectivity index (χ0) is 17.8. The van der Waals surface area contributed by atoms with Gasteiger partial charge >= 0.3 is 6.61 Å². The van der Waals surface area contributed by atoms with Gasteiger partial charge in [-0.3, -0.25) is 4.99 Å². The van der Waals surface area contributed by atoms with Gasteiger partial charge < -0.3 is 24.8 Å². The molecule has 136 valence electrons. The fourth-order valence-corrected chi connectivity index (χ4v) is 1.95. The minimum absolute atomic E-state index is 0.00598. The van der Waals surface area contributed by atoms with Crippen molar-refractivity contribution in [1.82, 2.24) is 10.6 Å². The van der Waals surface area contributed by atoms with Gasteiger partial charge in [-0.15, -0.1) is 0 Å². The second-order valence-corrected chi connectivity index (χ2v) is 4.77. The third kappa shape index (κ3) is 7.45. The van der Waals surface area contributed by atoms with Crippen LogP contribution in [0.25, 0.3) is 0 Å². The number of nitrogens with zero attached hydrogens (tertiary/aromatic N) is 1. The van der Waals surface area contributed by atoms with Gasteiger partial charge in [-0.05, 0) is 31.0 Å². The molecule has 6 nitrogen and oxygen atoms in total. The summed E-state index contributed by atoms with van der Waals surface area (Å²) in [5.41, 5.74) is 0.767. The van der Waals surface area contributed by atoms with Crippen LogP contribution in [0.5, 0.6) is 11.5 Å². The molecule has 24 heavy (non-hydrogen) atoms. The Labute approximate surface area is 141 Å². The van der Waals surface area contributed by atoms with E-state index < -0.39 is 6.61 Å². The first kappa shape index (κ1) is 20.0. The van der Waals surface area contributed by atoms with Crippen LogP contribution in [-0.4, -0.2) is 46.5 Å². The zero-order valence-corrected chi connectivity index (χ0v) is 14.3. The Hall–Kier alpha value is -2.09. The number of methoxy groups -OCH3 is 1. The number of nitrogens with one attached hydrogen (secondary N) is 2. The summed E-state index contributed by atoms with van der Waals surface area (Å²) in [4.78, 5) is 4.10. The number of ether oxygens (including phenoxy) is 3. The maximum atomic E-state index is 12.4. The van der Waals surface area contributed by atoms with E-state index in [9.17, 15) is 8.78 Å². The number of hydrogen-bond donors (Lipinski definition) is 2. The first-order valence-corrected chi connectivity index (χ1v) is 7.74. The molecule has 0 aliphatic rings. The van der Waals surface area contributed by atoms with E-state index in [2.05, 4.69) is 20.4 Å². The summed E-state index contributed by atoms with van der Waals surface area (Å²) in [5.74, 6) is 0.891. The van der Waals surface area contributed by atoms with Crippen molar-refractivity contribution in [1.29, 1.82) is 0 Å². The van der Waals surface area contributed by atoms with Crippen LogP contribution in [0.4, 0.5) is 8.78 Å². The Morgan fingerprint density at radius 2 is 2.04 bits per heavy atom. The van der Waals surface area contributed by atoms with Crippen molar-refractivity contribution >= 4 is 5.96 Å². The molecule has 0 unspecified atom stereocenters. The van der Waals surface area contributed by atoms with Gasteiger partial charge in [-0.2, -0.15) is 8.78 Å². The van der Waals surface area contributed by atoms with Crippen molar-refractivity contribution in [3.8, 4) is 11.5 Å². The van der Waals surface area contributed by atoms with E-state index in [0.29, 0.717) is 25.7 Å². The summed E-state index contributed by atoms with van der Waals surface area (Å²) in [6, 6.07) is 4.87. The summed E-state index contributed by atoms with van der Waals surface area (Å²) >= 11 is 0. The molecule has 0 saturated heterocycles. The van der Waals surface area contributed by atoms with Crippen molar-refractivity contribution < 1.29 is 23.0 Å². The highest BCUT2D eigenvalue weighted by Gasteiger charge is 2.11. The quantitative estimate of drug-likeness (QED) is 0.387. The van der Waals surface area contributed by atoms with E-state index in [1.807, 2.05) is 6.92 Å². The average Bonchev–Trinajstić information content (AvgIpc) is 2.57. The Bertz CT molecular complexity index is 513. The van der Waals surface area contributed by atoms with Crippen LogP contribution >= 0.6 is 0 Å². The van der Waals surface area contributed by atoms with E-state index in [0.717, 1.165) is 18.5 Å². The first-order chi connectivity index (χ1) is 11.6. The molecule has 0 heterocycles. The minimum atomic E-state index is -2.90. The number of benzene rings is 1. The highest BCUT2D eigenvalue weighted by atomic mass is 19.3. The van der Waals surface area contributed by atoms with E-state index in [-0.39, 0.29) is 11.5 Å². The summed E-state index contributed by atoms with van der Waals surface area (Å²) in [5, 5.41) is 6.26. The van der Waals surface area contributed by atoms with Crippen molar-refractivity contribution in [3.05, 3.63) is 23.8 Å². The lowest BCUT2D eigenvalue weighted by atomic mass is 10.2. The van der Waals surface area contributed by atoms with E-state index in [1.54, 1.807) is 19.2 Å². The molecule has 0 bridgehead atoms. The molecule has 0 aliphatic heterocycles. The monoisotopic (exact) mass is 345 g/mol. The molecule has 0 atom stereocenters. The van der Waals surface area contributed by atoms with Crippen molar-refractivity contribution in [3.63, 3.8) is 0 Å². The van der Waals surface area contributed by atoms with E-state index in [4.69, 9.17) is 9.47 Å². The van der Waals surface area contributed by atoms with Crippen LogP contribution in [0.2, 0.25) is 0 Å². The summed E-state index contributed by atoms with van der Waals surface area (Å²) in [6.45, 7) is 1.58. The van der Waals surface area contributed by atoms with E-state index >= 15 is 0 Å². The maximum Gasteiger partial charge on any atom is 0.387 e. The molecule has 0 radical (unpaired) electrons. The average molecular weight is 345 g/mol.